The van der Waals surface area contributed by atoms with Crippen LogP contribution < -0.4 is 0 Å². The van der Waals surface area contributed by atoms with Crippen LogP contribution in [0, 0.1) is 0 Å². The minimum Gasteiger partial charge on any atom is -0.197 e. The Kier molecular flexibility index (Phi) is 3.34. The SMILES string of the molecule is S.c1ccc2c(c1)Sc1ccccc1S2. The molecule has 0 fully saturated rings. The molecule has 0 radical (unpaired) electrons. The van der Waals surface area contributed by atoms with Gasteiger partial charge in [-0.3, -0.25) is 0 Å². The van der Waals surface area contributed by atoms with Gasteiger partial charge in [0.15, 0.2) is 0 Å². The van der Waals surface area contributed by atoms with Crippen LogP contribution in [-0.2, 0) is 0 Å². The lowest BCUT2D eigenvalue weighted by Crippen LogP contribution is -1.87. The first-order valence-corrected chi connectivity index (χ1v) is 6.10. The third kappa shape index (κ3) is 2.05. The molecule has 0 spiro atoms. The second-order valence-electron chi connectivity index (χ2n) is 3.10. The maximum Gasteiger partial charge on any atom is 0.0262 e. The minimum absolute atomic E-state index is 0. The van der Waals surface area contributed by atoms with Gasteiger partial charge in [0.05, 0.1) is 0 Å². The quantitative estimate of drug-likeness (QED) is 0.579. The Bertz CT molecular complexity index is 392. The third-order valence-corrected chi connectivity index (χ3v) is 4.70. The van der Waals surface area contributed by atoms with E-state index in [2.05, 4.69) is 48.5 Å². The Labute approximate surface area is 105 Å². The first-order chi connectivity index (χ1) is 6.93. The molecule has 0 saturated carbocycles. The van der Waals surface area contributed by atoms with Crippen molar-refractivity contribution in [3.63, 3.8) is 0 Å². The molecule has 0 bridgehead atoms. The predicted octanol–water partition coefficient (Wildman–Crippen LogP) is 4.42. The summed E-state index contributed by atoms with van der Waals surface area (Å²) in [5.41, 5.74) is 0. The Balaban J connectivity index is 0.000000853. The maximum atomic E-state index is 2.18. The number of rotatable bonds is 0. The molecule has 0 nitrogen and oxygen atoms in total. The number of hydrogen-bond donors (Lipinski definition) is 0. The van der Waals surface area contributed by atoms with Crippen molar-refractivity contribution >= 4 is 37.0 Å². The number of benzene rings is 2. The van der Waals surface area contributed by atoms with E-state index in [4.69, 9.17) is 0 Å². The number of hydrogen-bond acceptors (Lipinski definition) is 2. The molecular weight excluding hydrogens is 240 g/mol. The van der Waals surface area contributed by atoms with Crippen LogP contribution in [0.3, 0.4) is 0 Å². The topological polar surface area (TPSA) is 0 Å². The van der Waals surface area contributed by atoms with Crippen molar-refractivity contribution in [1.82, 2.24) is 0 Å². The average Bonchev–Trinajstić information content (AvgIpc) is 2.26. The van der Waals surface area contributed by atoms with Crippen molar-refractivity contribution in [2.45, 2.75) is 19.6 Å². The summed E-state index contributed by atoms with van der Waals surface area (Å²) < 4.78 is 0. The predicted molar refractivity (Wildman–Crippen MR) is 71.5 cm³/mol. The monoisotopic (exact) mass is 250 g/mol. The highest BCUT2D eigenvalue weighted by Crippen LogP contribution is 2.47. The van der Waals surface area contributed by atoms with E-state index < -0.39 is 0 Å². The standard InChI is InChI=1S/C12H8S2.H2S/c1-2-6-10-9(5-1)13-11-7-3-4-8-12(11)14-10;/h1-8H;1H2. The fourth-order valence-electron chi connectivity index (χ4n) is 1.47. The Morgan fingerprint density at radius 3 is 1.07 bits per heavy atom. The summed E-state index contributed by atoms with van der Waals surface area (Å²) in [6, 6.07) is 17.1. The molecule has 1 aliphatic rings. The van der Waals surface area contributed by atoms with E-state index in [0.29, 0.717) is 0 Å². The first-order valence-electron chi connectivity index (χ1n) is 4.47. The van der Waals surface area contributed by atoms with Gasteiger partial charge in [0.2, 0.25) is 0 Å². The van der Waals surface area contributed by atoms with E-state index >= 15 is 0 Å². The third-order valence-electron chi connectivity index (χ3n) is 2.14. The molecule has 3 rings (SSSR count). The molecule has 1 aliphatic heterocycles. The molecule has 0 atom stereocenters. The van der Waals surface area contributed by atoms with Crippen molar-refractivity contribution < 1.29 is 0 Å². The highest BCUT2D eigenvalue weighted by Gasteiger charge is 2.14. The van der Waals surface area contributed by atoms with Gasteiger partial charge in [-0.15, -0.1) is 0 Å². The Morgan fingerprint density at radius 1 is 0.533 bits per heavy atom. The van der Waals surface area contributed by atoms with Crippen molar-refractivity contribution in [3.8, 4) is 0 Å². The van der Waals surface area contributed by atoms with Gasteiger partial charge in [0.25, 0.3) is 0 Å². The second-order valence-corrected chi connectivity index (χ2v) is 5.27. The molecule has 0 N–H and O–H groups in total. The zero-order chi connectivity index (χ0) is 9.38. The smallest absolute Gasteiger partial charge is 0.0262 e. The summed E-state index contributed by atoms with van der Waals surface area (Å²) >= 11 is 3.72. The van der Waals surface area contributed by atoms with Gasteiger partial charge < -0.3 is 0 Å². The lowest BCUT2D eigenvalue weighted by molar-refractivity contribution is 1.16. The van der Waals surface area contributed by atoms with E-state index in [9.17, 15) is 0 Å². The largest absolute Gasteiger partial charge is 0.197 e. The molecule has 0 aromatic heterocycles. The van der Waals surface area contributed by atoms with Gasteiger partial charge >= 0.3 is 0 Å². The summed E-state index contributed by atoms with van der Waals surface area (Å²) in [7, 11) is 0. The van der Waals surface area contributed by atoms with Crippen molar-refractivity contribution in [2.24, 2.45) is 0 Å². The molecule has 76 valence electrons. The van der Waals surface area contributed by atoms with Crippen LogP contribution in [0.5, 0.6) is 0 Å². The summed E-state index contributed by atoms with van der Waals surface area (Å²) in [5.74, 6) is 0. The molecule has 0 amide bonds. The molecule has 15 heavy (non-hydrogen) atoms. The molecule has 2 aromatic rings. The highest BCUT2D eigenvalue weighted by atomic mass is 32.2. The van der Waals surface area contributed by atoms with Gasteiger partial charge in [-0.1, -0.05) is 47.8 Å². The summed E-state index contributed by atoms with van der Waals surface area (Å²) in [6.45, 7) is 0. The minimum atomic E-state index is 0. The maximum absolute atomic E-state index is 2.18. The molecule has 1 heterocycles. The van der Waals surface area contributed by atoms with Gasteiger partial charge in [-0.05, 0) is 24.3 Å². The van der Waals surface area contributed by atoms with Crippen molar-refractivity contribution in [1.29, 1.82) is 0 Å². The lowest BCUT2D eigenvalue weighted by Gasteiger charge is -2.17. The first kappa shape index (κ1) is 11.0. The van der Waals surface area contributed by atoms with Gasteiger partial charge in [0, 0.05) is 19.6 Å². The van der Waals surface area contributed by atoms with Gasteiger partial charge in [-0.2, -0.15) is 13.5 Å². The van der Waals surface area contributed by atoms with E-state index in [1.165, 1.54) is 19.6 Å². The summed E-state index contributed by atoms with van der Waals surface area (Å²) in [4.78, 5) is 5.49. The zero-order valence-corrected chi connectivity index (χ0v) is 10.6. The van der Waals surface area contributed by atoms with Crippen LogP contribution in [0.1, 0.15) is 0 Å². The molecule has 0 saturated heterocycles. The average molecular weight is 250 g/mol. The molecular formula is C12H10S3. The second kappa shape index (κ2) is 4.56. The molecule has 3 heteroatoms. The van der Waals surface area contributed by atoms with Crippen LogP contribution in [0.4, 0.5) is 0 Å². The fourth-order valence-corrected chi connectivity index (χ4v) is 3.71. The zero-order valence-electron chi connectivity index (χ0n) is 7.94. The molecule has 0 unspecified atom stereocenters. The van der Waals surface area contributed by atoms with Gasteiger partial charge in [0.1, 0.15) is 0 Å². The number of fused-ring (bicyclic) bond motifs is 2. The van der Waals surface area contributed by atoms with E-state index in [1.807, 2.05) is 23.5 Å². The van der Waals surface area contributed by atoms with Crippen LogP contribution in [0.2, 0.25) is 0 Å². The summed E-state index contributed by atoms with van der Waals surface area (Å²) in [5, 5.41) is 0. The van der Waals surface area contributed by atoms with Gasteiger partial charge in [-0.25, -0.2) is 0 Å². The lowest BCUT2D eigenvalue weighted by atomic mass is 10.3. The Morgan fingerprint density at radius 2 is 0.800 bits per heavy atom. The fraction of sp³-hybridized carbons (Fsp3) is 0. The van der Waals surface area contributed by atoms with Crippen LogP contribution in [-0.4, -0.2) is 0 Å². The van der Waals surface area contributed by atoms with E-state index in [0.717, 1.165) is 0 Å². The van der Waals surface area contributed by atoms with Crippen molar-refractivity contribution in [3.05, 3.63) is 48.5 Å². The summed E-state index contributed by atoms with van der Waals surface area (Å²) in [6.07, 6.45) is 0. The Hall–Kier alpha value is -0.510. The van der Waals surface area contributed by atoms with Crippen LogP contribution in [0.25, 0.3) is 0 Å². The molecule has 2 aromatic carbocycles. The van der Waals surface area contributed by atoms with Crippen LogP contribution >= 0.6 is 37.0 Å². The van der Waals surface area contributed by atoms with Crippen molar-refractivity contribution in [2.75, 3.05) is 0 Å². The highest BCUT2D eigenvalue weighted by molar-refractivity contribution is 8.05. The van der Waals surface area contributed by atoms with E-state index in [-0.39, 0.29) is 13.5 Å². The molecule has 0 aliphatic carbocycles. The normalized spacial score (nSPS) is 12.3. The van der Waals surface area contributed by atoms with Crippen LogP contribution in [0.15, 0.2) is 68.1 Å². The van der Waals surface area contributed by atoms with E-state index in [1.54, 1.807) is 0 Å².